The fraction of sp³-hybridized carbons (Fsp3) is 0. The molecule has 2 aromatic heterocycles. The first-order valence-corrected chi connectivity index (χ1v) is 4.87. The summed E-state index contributed by atoms with van der Waals surface area (Å²) in [7, 11) is 0. The van der Waals surface area contributed by atoms with Crippen LogP contribution in [0.4, 0.5) is 0 Å². The molecule has 2 aromatic rings. The summed E-state index contributed by atoms with van der Waals surface area (Å²) in [6, 6.07) is 5.26. The van der Waals surface area contributed by atoms with Crippen molar-refractivity contribution in [2.75, 3.05) is 0 Å². The summed E-state index contributed by atoms with van der Waals surface area (Å²) in [6.07, 6.45) is 4.93. The van der Waals surface area contributed by atoms with Crippen molar-refractivity contribution in [1.29, 1.82) is 0 Å². The third kappa shape index (κ3) is 1.72. The minimum atomic E-state index is 0.0258. The van der Waals surface area contributed by atoms with E-state index in [1.807, 2.05) is 0 Å². The number of rotatable bonds is 2. The van der Waals surface area contributed by atoms with Gasteiger partial charge in [0, 0.05) is 18.6 Å². The largest absolute Gasteiger partial charge is 0.409 e. The van der Waals surface area contributed by atoms with Crippen LogP contribution in [0, 0.1) is 0 Å². The minimum absolute atomic E-state index is 0.0258. The molecule has 0 aromatic carbocycles. The Morgan fingerprint density at radius 1 is 1.50 bits per heavy atom. The van der Waals surface area contributed by atoms with Gasteiger partial charge in [-0.2, -0.15) is 0 Å². The second-order valence-electron chi connectivity index (χ2n) is 3.08. The van der Waals surface area contributed by atoms with Gasteiger partial charge >= 0.3 is 0 Å². The molecule has 5 nitrogen and oxygen atoms in total. The van der Waals surface area contributed by atoms with Gasteiger partial charge in [0.25, 0.3) is 0 Å². The number of oxime groups is 1. The van der Waals surface area contributed by atoms with Crippen molar-refractivity contribution in [1.82, 2.24) is 9.55 Å². The standard InChI is InChI=1S/C10H9ClN4O/c11-7-6-13-4-3-8(7)15-5-1-2-9(15)10(12)14-16/h1-6,16H,(H2,12,14). The molecule has 0 spiro atoms. The van der Waals surface area contributed by atoms with Gasteiger partial charge in [0.05, 0.1) is 16.4 Å². The molecule has 0 aliphatic carbocycles. The number of aromatic nitrogens is 2. The molecule has 0 radical (unpaired) electrons. The molecule has 0 fully saturated rings. The highest BCUT2D eigenvalue weighted by Gasteiger charge is 2.09. The van der Waals surface area contributed by atoms with Gasteiger partial charge in [0.1, 0.15) is 0 Å². The average Bonchev–Trinajstić information content (AvgIpc) is 2.77. The molecule has 16 heavy (non-hydrogen) atoms. The van der Waals surface area contributed by atoms with Gasteiger partial charge in [-0.05, 0) is 18.2 Å². The number of nitrogens with zero attached hydrogens (tertiary/aromatic N) is 3. The molecule has 0 bridgehead atoms. The summed E-state index contributed by atoms with van der Waals surface area (Å²) >= 11 is 6.01. The van der Waals surface area contributed by atoms with Crippen LogP contribution in [-0.4, -0.2) is 20.6 Å². The van der Waals surface area contributed by atoms with Gasteiger partial charge in [0.2, 0.25) is 0 Å². The quantitative estimate of drug-likeness (QED) is 0.360. The Kier molecular flexibility index (Phi) is 2.78. The fourth-order valence-corrected chi connectivity index (χ4v) is 1.62. The summed E-state index contributed by atoms with van der Waals surface area (Å²) in [5, 5.41) is 12.1. The van der Waals surface area contributed by atoms with Crippen LogP contribution in [0.1, 0.15) is 5.69 Å². The van der Waals surface area contributed by atoms with Crippen LogP contribution < -0.4 is 5.73 Å². The first-order valence-electron chi connectivity index (χ1n) is 4.49. The van der Waals surface area contributed by atoms with Crippen LogP contribution in [0.5, 0.6) is 0 Å². The Labute approximate surface area is 96.8 Å². The van der Waals surface area contributed by atoms with Crippen molar-refractivity contribution in [3.63, 3.8) is 0 Å². The zero-order chi connectivity index (χ0) is 11.5. The Morgan fingerprint density at radius 2 is 2.31 bits per heavy atom. The summed E-state index contributed by atoms with van der Waals surface area (Å²) in [5.41, 5.74) is 6.84. The zero-order valence-electron chi connectivity index (χ0n) is 8.21. The maximum Gasteiger partial charge on any atom is 0.187 e. The summed E-state index contributed by atoms with van der Waals surface area (Å²) < 4.78 is 1.72. The van der Waals surface area contributed by atoms with Crippen LogP contribution in [-0.2, 0) is 0 Å². The van der Waals surface area contributed by atoms with E-state index in [1.54, 1.807) is 35.2 Å². The normalized spacial score (nSPS) is 11.7. The highest BCUT2D eigenvalue weighted by Crippen LogP contribution is 2.20. The van der Waals surface area contributed by atoms with Gasteiger partial charge in [-0.3, -0.25) is 4.98 Å². The second-order valence-corrected chi connectivity index (χ2v) is 3.48. The summed E-state index contributed by atoms with van der Waals surface area (Å²) in [5.74, 6) is 0.0258. The maximum absolute atomic E-state index is 8.65. The molecule has 0 saturated carbocycles. The first kappa shape index (κ1) is 10.5. The van der Waals surface area contributed by atoms with Gasteiger partial charge in [-0.1, -0.05) is 16.8 Å². The lowest BCUT2D eigenvalue weighted by molar-refractivity contribution is 0.318. The smallest absolute Gasteiger partial charge is 0.187 e. The van der Waals surface area contributed by atoms with E-state index < -0.39 is 0 Å². The molecule has 0 aliphatic heterocycles. The molecule has 0 amide bonds. The Morgan fingerprint density at radius 3 is 3.00 bits per heavy atom. The van der Waals surface area contributed by atoms with Crippen LogP contribution in [0.2, 0.25) is 5.02 Å². The second kappa shape index (κ2) is 4.24. The van der Waals surface area contributed by atoms with Crippen molar-refractivity contribution in [2.45, 2.75) is 0 Å². The lowest BCUT2D eigenvalue weighted by atomic mass is 10.3. The predicted octanol–water partition coefficient (Wildman–Crippen LogP) is 1.62. The van der Waals surface area contributed by atoms with Crippen molar-refractivity contribution in [3.8, 4) is 5.69 Å². The van der Waals surface area contributed by atoms with Gasteiger partial charge in [0.15, 0.2) is 5.84 Å². The Hall–Kier alpha value is -2.01. The average molecular weight is 237 g/mol. The number of hydrogen-bond acceptors (Lipinski definition) is 3. The molecule has 0 atom stereocenters. The molecular formula is C10H9ClN4O. The monoisotopic (exact) mass is 236 g/mol. The van der Waals surface area contributed by atoms with Crippen LogP contribution in [0.15, 0.2) is 41.9 Å². The lowest BCUT2D eigenvalue weighted by Gasteiger charge is -2.09. The molecule has 6 heteroatoms. The van der Waals surface area contributed by atoms with Crippen LogP contribution in [0.25, 0.3) is 5.69 Å². The van der Waals surface area contributed by atoms with Crippen molar-refractivity contribution < 1.29 is 5.21 Å². The number of halogens is 1. The van der Waals surface area contributed by atoms with Crippen LogP contribution in [0.3, 0.4) is 0 Å². The third-order valence-corrected chi connectivity index (χ3v) is 2.42. The summed E-state index contributed by atoms with van der Waals surface area (Å²) in [6.45, 7) is 0. The maximum atomic E-state index is 8.65. The van der Waals surface area contributed by atoms with Crippen LogP contribution >= 0.6 is 11.6 Å². The van der Waals surface area contributed by atoms with E-state index in [2.05, 4.69) is 10.1 Å². The topological polar surface area (TPSA) is 76.4 Å². The number of nitrogens with two attached hydrogens (primary N) is 1. The highest BCUT2D eigenvalue weighted by molar-refractivity contribution is 6.32. The fourth-order valence-electron chi connectivity index (χ4n) is 1.41. The lowest BCUT2D eigenvalue weighted by Crippen LogP contribution is -2.17. The van der Waals surface area contributed by atoms with Crippen molar-refractivity contribution in [2.24, 2.45) is 10.9 Å². The Bertz CT molecular complexity index is 535. The van der Waals surface area contributed by atoms with E-state index in [4.69, 9.17) is 22.5 Å². The van der Waals surface area contributed by atoms with E-state index in [1.165, 1.54) is 6.20 Å². The molecule has 0 aliphatic rings. The summed E-state index contributed by atoms with van der Waals surface area (Å²) in [4.78, 5) is 3.89. The third-order valence-electron chi connectivity index (χ3n) is 2.13. The van der Waals surface area contributed by atoms with E-state index >= 15 is 0 Å². The van der Waals surface area contributed by atoms with E-state index in [0.29, 0.717) is 10.7 Å². The molecular weight excluding hydrogens is 228 g/mol. The zero-order valence-corrected chi connectivity index (χ0v) is 8.96. The number of amidine groups is 1. The van der Waals surface area contributed by atoms with Crippen molar-refractivity contribution in [3.05, 3.63) is 47.5 Å². The minimum Gasteiger partial charge on any atom is -0.409 e. The molecule has 2 heterocycles. The molecule has 3 N–H and O–H groups in total. The number of hydrogen-bond donors (Lipinski definition) is 2. The van der Waals surface area contributed by atoms with E-state index in [0.717, 1.165) is 5.69 Å². The number of pyridine rings is 1. The predicted molar refractivity (Wildman–Crippen MR) is 61.1 cm³/mol. The molecule has 2 rings (SSSR count). The van der Waals surface area contributed by atoms with Gasteiger partial charge < -0.3 is 15.5 Å². The Balaban J connectivity index is 2.58. The van der Waals surface area contributed by atoms with Gasteiger partial charge in [-0.15, -0.1) is 0 Å². The molecule has 0 saturated heterocycles. The SMILES string of the molecule is N/C(=N/O)c1cccn1-c1ccncc1Cl. The van der Waals surface area contributed by atoms with E-state index in [9.17, 15) is 0 Å². The first-order chi connectivity index (χ1) is 7.74. The van der Waals surface area contributed by atoms with Crippen molar-refractivity contribution >= 4 is 17.4 Å². The molecule has 82 valence electrons. The van der Waals surface area contributed by atoms with E-state index in [-0.39, 0.29) is 5.84 Å². The molecule has 0 unspecified atom stereocenters. The van der Waals surface area contributed by atoms with Gasteiger partial charge in [-0.25, -0.2) is 0 Å². The highest BCUT2D eigenvalue weighted by atomic mass is 35.5.